The fourth-order valence-corrected chi connectivity index (χ4v) is 3.58. The van der Waals surface area contributed by atoms with Crippen molar-refractivity contribution < 1.29 is 14.7 Å². The van der Waals surface area contributed by atoms with Gasteiger partial charge in [-0.2, -0.15) is 5.26 Å². The van der Waals surface area contributed by atoms with Crippen molar-refractivity contribution in [3.63, 3.8) is 0 Å². The van der Waals surface area contributed by atoms with Crippen molar-refractivity contribution in [2.75, 3.05) is 20.3 Å². The van der Waals surface area contributed by atoms with Crippen LogP contribution in [0, 0.1) is 25.2 Å². The summed E-state index contributed by atoms with van der Waals surface area (Å²) in [5.74, 6) is -0.288. The highest BCUT2D eigenvalue weighted by Gasteiger charge is 2.34. The first-order chi connectivity index (χ1) is 13.5. The highest BCUT2D eigenvalue weighted by molar-refractivity contribution is 6.02. The molecule has 2 aromatic carbocycles. The van der Waals surface area contributed by atoms with Crippen LogP contribution < -0.4 is 0 Å². The second kappa shape index (κ2) is 8.24. The van der Waals surface area contributed by atoms with Crippen LogP contribution in [0.25, 0.3) is 11.1 Å². The molecule has 1 heterocycles. The van der Waals surface area contributed by atoms with E-state index in [1.165, 1.54) is 12.7 Å². The van der Waals surface area contributed by atoms with Crippen molar-refractivity contribution in [2.45, 2.75) is 26.3 Å². The lowest BCUT2D eigenvalue weighted by Gasteiger charge is -2.23. The summed E-state index contributed by atoms with van der Waals surface area (Å²) in [6, 6.07) is 13.1. The van der Waals surface area contributed by atoms with Gasteiger partial charge in [-0.15, -0.1) is 0 Å². The fourth-order valence-electron chi connectivity index (χ4n) is 3.58. The summed E-state index contributed by atoms with van der Waals surface area (Å²) >= 11 is 0. The van der Waals surface area contributed by atoms with Crippen molar-refractivity contribution >= 4 is 11.6 Å². The lowest BCUT2D eigenvalue weighted by atomic mass is 9.94. The number of oxime groups is 1. The zero-order valence-corrected chi connectivity index (χ0v) is 16.3. The molecule has 1 amide bonds. The summed E-state index contributed by atoms with van der Waals surface area (Å²) in [7, 11) is 1.45. The molecule has 0 aromatic heterocycles. The molecule has 1 atom stereocenters. The number of carbonyl (C=O) groups excluding carboxylic acids is 1. The Hall–Kier alpha value is -3.17. The summed E-state index contributed by atoms with van der Waals surface area (Å²) in [6.07, 6.45) is 0.457. The Morgan fingerprint density at radius 1 is 1.36 bits per heavy atom. The SMILES string of the molecule is CO/N=C1/C[C@@H](CO)N(C(=O)c2ccc(-c3cccc(C)c3C)cc2C#N)C1. The van der Waals surface area contributed by atoms with Gasteiger partial charge in [0.05, 0.1) is 42.1 Å². The second-order valence-corrected chi connectivity index (χ2v) is 6.93. The van der Waals surface area contributed by atoms with E-state index in [0.29, 0.717) is 23.3 Å². The molecule has 1 fully saturated rings. The van der Waals surface area contributed by atoms with Crippen LogP contribution in [0.1, 0.15) is 33.5 Å². The molecule has 0 saturated carbocycles. The van der Waals surface area contributed by atoms with Crippen LogP contribution in [0.5, 0.6) is 0 Å². The van der Waals surface area contributed by atoms with Crippen LogP contribution >= 0.6 is 0 Å². The summed E-state index contributed by atoms with van der Waals surface area (Å²) < 4.78 is 0. The Morgan fingerprint density at radius 3 is 2.82 bits per heavy atom. The van der Waals surface area contributed by atoms with Crippen LogP contribution in [0.4, 0.5) is 0 Å². The monoisotopic (exact) mass is 377 g/mol. The highest BCUT2D eigenvalue weighted by atomic mass is 16.6. The number of benzene rings is 2. The molecule has 28 heavy (non-hydrogen) atoms. The van der Waals surface area contributed by atoms with Gasteiger partial charge < -0.3 is 14.8 Å². The fraction of sp³-hybridized carbons (Fsp3) is 0.318. The average molecular weight is 377 g/mol. The number of hydrogen-bond acceptors (Lipinski definition) is 5. The molecule has 0 spiro atoms. The van der Waals surface area contributed by atoms with Gasteiger partial charge in [0.25, 0.3) is 5.91 Å². The number of nitrogens with zero attached hydrogens (tertiary/aromatic N) is 3. The average Bonchev–Trinajstić information content (AvgIpc) is 3.12. The van der Waals surface area contributed by atoms with Crippen molar-refractivity contribution in [3.8, 4) is 17.2 Å². The molecule has 3 rings (SSSR count). The number of aliphatic hydroxyl groups excluding tert-OH is 1. The molecule has 6 nitrogen and oxygen atoms in total. The van der Waals surface area contributed by atoms with Crippen LogP contribution in [-0.4, -0.2) is 47.9 Å². The zero-order chi connectivity index (χ0) is 20.3. The minimum absolute atomic E-state index is 0.170. The predicted molar refractivity (Wildman–Crippen MR) is 107 cm³/mol. The third-order valence-corrected chi connectivity index (χ3v) is 5.24. The van der Waals surface area contributed by atoms with Crippen molar-refractivity contribution in [2.24, 2.45) is 5.16 Å². The van der Waals surface area contributed by atoms with Crippen molar-refractivity contribution in [1.29, 1.82) is 5.26 Å². The standard InChI is InChI=1S/C22H23N3O3/c1-14-5-4-6-20(15(14)2)16-7-8-21(17(9-16)11-23)22(27)25-12-18(24-28-3)10-19(25)13-26/h4-9,19,26H,10,12-13H2,1-3H3/b24-18-/t19-/m0/s1. The van der Waals surface area contributed by atoms with Gasteiger partial charge in [0.2, 0.25) is 0 Å². The minimum atomic E-state index is -0.369. The number of rotatable bonds is 4. The Bertz CT molecular complexity index is 975. The van der Waals surface area contributed by atoms with Crippen molar-refractivity contribution in [3.05, 3.63) is 58.7 Å². The van der Waals surface area contributed by atoms with Gasteiger partial charge in [0.1, 0.15) is 7.11 Å². The summed E-state index contributed by atoms with van der Waals surface area (Å²) in [6.45, 7) is 4.20. The molecule has 0 unspecified atom stereocenters. The minimum Gasteiger partial charge on any atom is -0.399 e. The van der Waals surface area contributed by atoms with E-state index in [9.17, 15) is 15.2 Å². The summed E-state index contributed by atoms with van der Waals surface area (Å²) in [5, 5.41) is 23.2. The summed E-state index contributed by atoms with van der Waals surface area (Å²) in [4.78, 5) is 19.4. The molecule has 1 aliphatic rings. The number of hydrogen-bond donors (Lipinski definition) is 1. The van der Waals surface area contributed by atoms with E-state index in [1.54, 1.807) is 17.0 Å². The molecule has 0 aliphatic carbocycles. The molecule has 0 bridgehead atoms. The Labute approximate surface area is 164 Å². The highest BCUT2D eigenvalue weighted by Crippen LogP contribution is 2.28. The molecule has 1 aliphatic heterocycles. The Balaban J connectivity index is 1.97. The van der Waals surface area contributed by atoms with Crippen LogP contribution in [0.2, 0.25) is 0 Å². The number of nitriles is 1. The van der Waals surface area contributed by atoms with Crippen LogP contribution in [0.3, 0.4) is 0 Å². The van der Waals surface area contributed by atoms with Gasteiger partial charge in [-0.1, -0.05) is 29.4 Å². The molecular formula is C22H23N3O3. The maximum atomic E-state index is 13.1. The maximum absolute atomic E-state index is 13.1. The van der Waals surface area contributed by atoms with Crippen LogP contribution in [0.15, 0.2) is 41.6 Å². The number of aliphatic hydroxyl groups is 1. The third kappa shape index (κ3) is 3.62. The largest absolute Gasteiger partial charge is 0.399 e. The van der Waals surface area contributed by atoms with E-state index < -0.39 is 0 Å². The molecule has 6 heteroatoms. The number of aryl methyl sites for hydroxylation is 1. The van der Waals surface area contributed by atoms with Crippen LogP contribution in [-0.2, 0) is 4.84 Å². The molecular weight excluding hydrogens is 354 g/mol. The molecule has 1 saturated heterocycles. The van der Waals surface area contributed by atoms with Gasteiger partial charge in [0.15, 0.2) is 0 Å². The molecule has 0 radical (unpaired) electrons. The van der Waals surface area contributed by atoms with E-state index in [4.69, 9.17) is 4.84 Å². The van der Waals surface area contributed by atoms with Gasteiger partial charge in [-0.05, 0) is 48.2 Å². The van der Waals surface area contributed by atoms with Gasteiger partial charge >= 0.3 is 0 Å². The Kier molecular flexibility index (Phi) is 5.76. The quantitative estimate of drug-likeness (QED) is 0.830. The van der Waals surface area contributed by atoms with Gasteiger partial charge in [0, 0.05) is 6.42 Å². The van der Waals surface area contributed by atoms with Gasteiger partial charge in [-0.3, -0.25) is 4.79 Å². The lowest BCUT2D eigenvalue weighted by molar-refractivity contribution is 0.0680. The number of likely N-dealkylation sites (tertiary alicyclic amines) is 1. The van der Waals surface area contributed by atoms with E-state index >= 15 is 0 Å². The van der Waals surface area contributed by atoms with E-state index in [1.807, 2.05) is 38.1 Å². The normalized spacial score (nSPS) is 17.6. The topological polar surface area (TPSA) is 85.9 Å². The predicted octanol–water partition coefficient (Wildman–Crippen LogP) is 3.05. The third-order valence-electron chi connectivity index (χ3n) is 5.24. The number of amides is 1. The maximum Gasteiger partial charge on any atom is 0.255 e. The smallest absolute Gasteiger partial charge is 0.255 e. The summed E-state index contributed by atoms with van der Waals surface area (Å²) in [5.41, 5.74) is 5.59. The first-order valence-electron chi connectivity index (χ1n) is 9.11. The zero-order valence-electron chi connectivity index (χ0n) is 16.3. The van der Waals surface area contributed by atoms with Crippen molar-refractivity contribution in [1.82, 2.24) is 4.90 Å². The number of carbonyl (C=O) groups is 1. The van der Waals surface area contributed by atoms with Gasteiger partial charge in [-0.25, -0.2) is 0 Å². The Morgan fingerprint density at radius 2 is 2.14 bits per heavy atom. The van der Waals surface area contributed by atoms with E-state index in [-0.39, 0.29) is 25.1 Å². The molecule has 2 aromatic rings. The lowest BCUT2D eigenvalue weighted by Crippen LogP contribution is -2.38. The molecule has 144 valence electrons. The second-order valence-electron chi connectivity index (χ2n) is 6.93. The van der Waals surface area contributed by atoms with E-state index in [0.717, 1.165) is 16.7 Å². The first-order valence-corrected chi connectivity index (χ1v) is 9.11. The van der Waals surface area contributed by atoms with E-state index in [2.05, 4.69) is 11.2 Å². The first kappa shape index (κ1) is 19.6. The molecule has 1 N–H and O–H groups in total.